The molecule has 48 heavy (non-hydrogen) atoms. The Morgan fingerprint density at radius 1 is 1.17 bits per heavy atom. The van der Waals surface area contributed by atoms with Crippen molar-refractivity contribution in [1.29, 1.82) is 5.26 Å². The third-order valence-electron chi connectivity index (χ3n) is 10.8. The van der Waals surface area contributed by atoms with E-state index in [2.05, 4.69) is 21.2 Å². The van der Waals surface area contributed by atoms with Crippen LogP contribution in [0.15, 0.2) is 12.1 Å². The lowest BCUT2D eigenvalue weighted by molar-refractivity contribution is -0.0855. The van der Waals surface area contributed by atoms with E-state index in [1.54, 1.807) is 6.07 Å². The van der Waals surface area contributed by atoms with E-state index in [-0.39, 0.29) is 11.5 Å². The fraction of sp³-hybridized carbons (Fsp3) is 0.667. The van der Waals surface area contributed by atoms with E-state index in [0.717, 1.165) is 92.7 Å². The number of hydrogen-bond acceptors (Lipinski definition) is 9. The van der Waals surface area contributed by atoms with Crippen LogP contribution >= 0.6 is 11.6 Å². The minimum Gasteiger partial charge on any atom is -0.461 e. The first-order valence-corrected chi connectivity index (χ1v) is 17.9. The molecule has 1 N–H and O–H groups in total. The van der Waals surface area contributed by atoms with Gasteiger partial charge in [0, 0.05) is 54.7 Å². The molecule has 3 saturated heterocycles. The molecule has 7 rings (SSSR count). The number of halogens is 2. The van der Waals surface area contributed by atoms with E-state index in [1.807, 2.05) is 26.8 Å². The number of carbonyl (C=O) groups excluding carboxylic acids is 1. The minimum atomic E-state index is -0.844. The van der Waals surface area contributed by atoms with Crippen LogP contribution in [0.3, 0.4) is 0 Å². The molecule has 12 heteroatoms. The Bertz CT molecular complexity index is 1610. The number of carbonyl (C=O) groups is 1. The lowest BCUT2D eigenvalue weighted by Gasteiger charge is -2.43. The summed E-state index contributed by atoms with van der Waals surface area (Å²) in [7, 11) is 0. The van der Waals surface area contributed by atoms with Crippen molar-refractivity contribution in [3.05, 3.63) is 39.5 Å². The van der Waals surface area contributed by atoms with Crippen molar-refractivity contribution in [3.8, 4) is 12.1 Å². The number of nitriles is 1. The maximum absolute atomic E-state index is 14.6. The van der Waals surface area contributed by atoms with E-state index in [1.165, 1.54) is 0 Å². The number of aromatic nitrogens is 2. The Morgan fingerprint density at radius 3 is 2.83 bits per heavy atom. The number of rotatable bonds is 5. The smallest absolute Gasteiger partial charge is 0.412 e. The zero-order chi connectivity index (χ0) is 33.7. The molecule has 1 amide bonds. The summed E-state index contributed by atoms with van der Waals surface area (Å²) < 4.78 is 33.4. The molecule has 1 aromatic carbocycles. The number of hydrogen-bond donors (Lipinski definition) is 1. The van der Waals surface area contributed by atoms with Crippen molar-refractivity contribution in [1.82, 2.24) is 14.9 Å². The molecule has 4 aliphatic heterocycles. The molecule has 258 valence electrons. The number of ether oxygens (including phenoxy) is 3. The number of alkyl halides is 1. The number of anilines is 2. The first-order chi connectivity index (χ1) is 23.0. The molecule has 2 aromatic rings. The molecule has 1 spiro atoms. The van der Waals surface area contributed by atoms with Crippen molar-refractivity contribution >= 4 is 29.2 Å². The third kappa shape index (κ3) is 6.56. The highest BCUT2D eigenvalue weighted by Gasteiger charge is 2.50. The van der Waals surface area contributed by atoms with Gasteiger partial charge in [-0.3, -0.25) is 10.2 Å². The van der Waals surface area contributed by atoms with Crippen LogP contribution in [-0.4, -0.2) is 71.1 Å². The van der Waals surface area contributed by atoms with Crippen LogP contribution in [0.1, 0.15) is 94.5 Å². The molecular weight excluding hydrogens is 635 g/mol. The quantitative estimate of drug-likeness (QED) is 0.362. The zero-order valence-corrected chi connectivity index (χ0v) is 29.0. The van der Waals surface area contributed by atoms with Gasteiger partial charge in [0.15, 0.2) is 0 Å². The second-order valence-corrected chi connectivity index (χ2v) is 15.7. The van der Waals surface area contributed by atoms with Gasteiger partial charge in [0.05, 0.1) is 29.5 Å². The lowest BCUT2D eigenvalue weighted by Crippen LogP contribution is -2.44. The van der Waals surface area contributed by atoms with E-state index < -0.39 is 23.5 Å². The van der Waals surface area contributed by atoms with E-state index >= 15 is 0 Å². The van der Waals surface area contributed by atoms with Gasteiger partial charge < -0.3 is 19.1 Å². The van der Waals surface area contributed by atoms with Crippen molar-refractivity contribution in [2.24, 2.45) is 5.92 Å². The van der Waals surface area contributed by atoms with Gasteiger partial charge in [-0.05, 0) is 102 Å². The van der Waals surface area contributed by atoms with Crippen molar-refractivity contribution < 1.29 is 23.4 Å². The number of benzene rings is 1. The minimum absolute atomic E-state index is 0.0262. The highest BCUT2D eigenvalue weighted by Crippen LogP contribution is 2.49. The van der Waals surface area contributed by atoms with Gasteiger partial charge in [-0.15, -0.1) is 0 Å². The number of amides is 1. The highest BCUT2D eigenvalue weighted by molar-refractivity contribution is 6.31. The Labute approximate surface area is 287 Å². The standard InChI is InChI=1S/C36H46ClFN6O4/c1-34(2,3)48-33(45)40-25-15-28-26(29(37)16-25)8-4-11-36(28)18-30-27(21-47-36)31(43-12-5-7-23(19-39)9-14-43)42-32(41-30)46-22-35-10-6-13-44(35)20-24(38)17-35/h15-16,23-24H,4-14,17-18,20-22H2,1-3H3,(H,40,45)/t23-,24+,35-,36?/m0/s1. The second kappa shape index (κ2) is 12.9. The molecule has 3 fully saturated rings. The monoisotopic (exact) mass is 680 g/mol. The maximum Gasteiger partial charge on any atom is 0.412 e. The Hall–Kier alpha value is -3.20. The van der Waals surface area contributed by atoms with Crippen LogP contribution in [0.2, 0.25) is 5.02 Å². The molecule has 10 nitrogen and oxygen atoms in total. The van der Waals surface area contributed by atoms with Gasteiger partial charge in [0.1, 0.15) is 24.2 Å². The Balaban J connectivity index is 1.22. The van der Waals surface area contributed by atoms with E-state index in [0.29, 0.717) is 55.9 Å². The largest absolute Gasteiger partial charge is 0.461 e. The van der Waals surface area contributed by atoms with Gasteiger partial charge in [-0.1, -0.05) is 11.6 Å². The molecule has 1 aliphatic carbocycles. The molecule has 5 aliphatic rings. The Kier molecular flexibility index (Phi) is 8.97. The summed E-state index contributed by atoms with van der Waals surface area (Å²) in [5.41, 5.74) is 2.68. The summed E-state index contributed by atoms with van der Waals surface area (Å²) in [4.78, 5) is 27.2. The van der Waals surface area contributed by atoms with Gasteiger partial charge in [0.2, 0.25) is 0 Å². The summed E-state index contributed by atoms with van der Waals surface area (Å²) in [5.74, 6) is 0.826. The number of nitrogens with zero attached hydrogens (tertiary/aromatic N) is 5. The molecular formula is C36H46ClFN6O4. The fourth-order valence-electron chi connectivity index (χ4n) is 8.54. The van der Waals surface area contributed by atoms with Crippen LogP contribution < -0.4 is 15.0 Å². The zero-order valence-electron chi connectivity index (χ0n) is 28.2. The fourth-order valence-corrected chi connectivity index (χ4v) is 8.86. The maximum atomic E-state index is 14.6. The molecule has 0 bridgehead atoms. The molecule has 1 aromatic heterocycles. The van der Waals surface area contributed by atoms with Crippen LogP contribution in [0.4, 0.5) is 20.7 Å². The molecule has 0 radical (unpaired) electrons. The lowest BCUT2D eigenvalue weighted by atomic mass is 9.74. The van der Waals surface area contributed by atoms with Crippen molar-refractivity contribution in [3.63, 3.8) is 0 Å². The van der Waals surface area contributed by atoms with Crippen molar-refractivity contribution in [2.75, 3.05) is 43.0 Å². The first kappa shape index (κ1) is 33.3. The summed E-state index contributed by atoms with van der Waals surface area (Å²) in [6.45, 7) is 8.98. The summed E-state index contributed by atoms with van der Waals surface area (Å²) >= 11 is 6.86. The van der Waals surface area contributed by atoms with Crippen LogP contribution in [-0.2, 0) is 34.5 Å². The Morgan fingerprint density at radius 2 is 2.02 bits per heavy atom. The van der Waals surface area contributed by atoms with Crippen LogP contribution in [0.25, 0.3) is 0 Å². The summed E-state index contributed by atoms with van der Waals surface area (Å²) in [5, 5.41) is 13.1. The third-order valence-corrected chi connectivity index (χ3v) is 11.1. The first-order valence-electron chi connectivity index (χ1n) is 17.5. The van der Waals surface area contributed by atoms with E-state index in [9.17, 15) is 14.4 Å². The molecule has 4 atom stereocenters. The predicted octanol–water partition coefficient (Wildman–Crippen LogP) is 6.87. The number of nitrogens with one attached hydrogen (secondary N) is 1. The van der Waals surface area contributed by atoms with Crippen LogP contribution in [0, 0.1) is 17.2 Å². The van der Waals surface area contributed by atoms with Gasteiger partial charge in [-0.25, -0.2) is 9.18 Å². The van der Waals surface area contributed by atoms with Gasteiger partial charge >= 0.3 is 12.1 Å². The summed E-state index contributed by atoms with van der Waals surface area (Å²) in [6.07, 6.45) is 6.52. The van der Waals surface area contributed by atoms with Crippen LogP contribution in [0.5, 0.6) is 6.01 Å². The SMILES string of the molecule is CC(C)(C)OC(=O)Nc1cc(Cl)c2c(c1)C1(CCC2)Cc2nc(OC[C@@]34CCCN3C[C@H](F)C4)nc(N3CCC[C@H](C#N)CC3)c2CO1. The predicted molar refractivity (Wildman–Crippen MR) is 180 cm³/mol. The van der Waals surface area contributed by atoms with Gasteiger partial charge in [-0.2, -0.15) is 15.2 Å². The van der Waals surface area contributed by atoms with Gasteiger partial charge in [0.25, 0.3) is 0 Å². The second-order valence-electron chi connectivity index (χ2n) is 15.3. The highest BCUT2D eigenvalue weighted by atomic mass is 35.5. The molecule has 1 unspecified atom stereocenters. The van der Waals surface area contributed by atoms with Crippen molar-refractivity contribution in [2.45, 2.75) is 114 Å². The average Bonchev–Trinajstić information content (AvgIpc) is 3.43. The van der Waals surface area contributed by atoms with E-state index in [4.69, 9.17) is 35.8 Å². The summed E-state index contributed by atoms with van der Waals surface area (Å²) in [6, 6.07) is 6.50. The normalized spacial score (nSPS) is 28.6. The topological polar surface area (TPSA) is 113 Å². The molecule has 0 saturated carbocycles. The number of fused-ring (bicyclic) bond motifs is 4. The molecule has 5 heterocycles. The average molecular weight is 681 g/mol.